The van der Waals surface area contributed by atoms with Gasteiger partial charge in [-0.3, -0.25) is 0 Å². The van der Waals surface area contributed by atoms with E-state index in [1.54, 1.807) is 0 Å². The molecular formula is C14H17N3O. The van der Waals surface area contributed by atoms with E-state index in [1.807, 2.05) is 50.2 Å². The Morgan fingerprint density at radius 3 is 2.67 bits per heavy atom. The van der Waals surface area contributed by atoms with E-state index in [0.717, 1.165) is 17.9 Å². The van der Waals surface area contributed by atoms with Crippen LogP contribution in [0.3, 0.4) is 0 Å². The Hall–Kier alpha value is -2.10. The molecule has 1 aromatic carbocycles. The van der Waals surface area contributed by atoms with Crippen LogP contribution in [0.5, 0.6) is 5.88 Å². The van der Waals surface area contributed by atoms with Gasteiger partial charge in [-0.05, 0) is 19.4 Å². The van der Waals surface area contributed by atoms with Crippen molar-refractivity contribution in [2.45, 2.75) is 20.5 Å². The van der Waals surface area contributed by atoms with Crippen molar-refractivity contribution in [1.82, 2.24) is 9.97 Å². The van der Waals surface area contributed by atoms with Gasteiger partial charge in [0.05, 0.1) is 0 Å². The molecule has 0 bridgehead atoms. The zero-order valence-corrected chi connectivity index (χ0v) is 10.7. The topological polar surface area (TPSA) is 47.0 Å². The summed E-state index contributed by atoms with van der Waals surface area (Å²) in [5.74, 6) is 2.10. The first-order valence-corrected chi connectivity index (χ1v) is 6.04. The van der Waals surface area contributed by atoms with E-state index >= 15 is 0 Å². The average molecular weight is 243 g/mol. The van der Waals surface area contributed by atoms with Gasteiger partial charge in [-0.25, -0.2) is 4.98 Å². The summed E-state index contributed by atoms with van der Waals surface area (Å²) in [6, 6.07) is 11.8. The molecule has 4 nitrogen and oxygen atoms in total. The van der Waals surface area contributed by atoms with Crippen molar-refractivity contribution in [2.24, 2.45) is 0 Å². The van der Waals surface area contributed by atoms with Crippen molar-refractivity contribution in [3.63, 3.8) is 0 Å². The molecule has 94 valence electrons. The number of nitrogens with one attached hydrogen (secondary N) is 1. The Balaban J connectivity index is 2.05. The van der Waals surface area contributed by atoms with E-state index in [2.05, 4.69) is 15.3 Å². The van der Waals surface area contributed by atoms with Gasteiger partial charge in [0, 0.05) is 12.6 Å². The summed E-state index contributed by atoms with van der Waals surface area (Å²) in [5, 5.41) is 3.16. The average Bonchev–Trinajstić information content (AvgIpc) is 2.37. The van der Waals surface area contributed by atoms with Crippen LogP contribution in [-0.2, 0) is 6.61 Å². The number of rotatable bonds is 5. The molecule has 0 saturated heterocycles. The lowest BCUT2D eigenvalue weighted by Crippen LogP contribution is -2.04. The fourth-order valence-corrected chi connectivity index (χ4v) is 1.62. The number of nitrogens with zero attached hydrogens (tertiary/aromatic N) is 2. The largest absolute Gasteiger partial charge is 0.473 e. The molecular weight excluding hydrogens is 226 g/mol. The van der Waals surface area contributed by atoms with Crippen LogP contribution in [0.15, 0.2) is 36.4 Å². The molecule has 0 aliphatic heterocycles. The molecule has 0 atom stereocenters. The number of ether oxygens (including phenoxy) is 1. The molecule has 0 spiro atoms. The van der Waals surface area contributed by atoms with Gasteiger partial charge in [0.2, 0.25) is 5.88 Å². The van der Waals surface area contributed by atoms with Gasteiger partial charge >= 0.3 is 0 Å². The van der Waals surface area contributed by atoms with Gasteiger partial charge in [0.1, 0.15) is 18.2 Å². The van der Waals surface area contributed by atoms with Gasteiger partial charge in [-0.1, -0.05) is 30.3 Å². The Labute approximate surface area is 107 Å². The quantitative estimate of drug-likeness (QED) is 0.877. The Kier molecular flexibility index (Phi) is 4.12. The molecule has 0 unspecified atom stereocenters. The van der Waals surface area contributed by atoms with Crippen LogP contribution in [0.25, 0.3) is 0 Å². The van der Waals surface area contributed by atoms with E-state index in [1.165, 1.54) is 0 Å². The van der Waals surface area contributed by atoms with E-state index in [-0.39, 0.29) is 0 Å². The standard InChI is InChI=1S/C14H17N3O/c1-3-15-13-9-14(17-11(2)16-13)18-10-12-7-5-4-6-8-12/h4-9H,3,10H2,1-2H3,(H,15,16,17). The molecule has 0 fully saturated rings. The molecule has 1 aromatic heterocycles. The molecule has 18 heavy (non-hydrogen) atoms. The number of hydrogen-bond donors (Lipinski definition) is 1. The number of hydrogen-bond acceptors (Lipinski definition) is 4. The normalized spacial score (nSPS) is 10.1. The zero-order chi connectivity index (χ0) is 12.8. The third-order valence-corrected chi connectivity index (χ3v) is 2.40. The van der Waals surface area contributed by atoms with Crippen LogP contribution < -0.4 is 10.1 Å². The van der Waals surface area contributed by atoms with Gasteiger partial charge in [0.15, 0.2) is 0 Å². The first kappa shape index (κ1) is 12.4. The molecule has 0 saturated carbocycles. The summed E-state index contributed by atoms with van der Waals surface area (Å²) in [6.07, 6.45) is 0. The highest BCUT2D eigenvalue weighted by molar-refractivity contribution is 5.38. The minimum atomic E-state index is 0.517. The summed E-state index contributed by atoms with van der Waals surface area (Å²) in [6.45, 7) is 5.23. The van der Waals surface area contributed by atoms with Crippen molar-refractivity contribution >= 4 is 5.82 Å². The highest BCUT2D eigenvalue weighted by Crippen LogP contribution is 2.14. The maximum Gasteiger partial charge on any atom is 0.219 e. The molecule has 4 heteroatoms. The second kappa shape index (κ2) is 6.00. The van der Waals surface area contributed by atoms with Crippen LogP contribution >= 0.6 is 0 Å². The second-order valence-electron chi connectivity index (χ2n) is 3.94. The van der Waals surface area contributed by atoms with Crippen LogP contribution in [0.2, 0.25) is 0 Å². The summed E-state index contributed by atoms with van der Waals surface area (Å²) in [7, 11) is 0. The minimum absolute atomic E-state index is 0.517. The van der Waals surface area contributed by atoms with E-state index in [0.29, 0.717) is 18.3 Å². The fraction of sp³-hybridized carbons (Fsp3) is 0.286. The summed E-state index contributed by atoms with van der Waals surface area (Å²) in [5.41, 5.74) is 1.12. The molecule has 2 rings (SSSR count). The number of aryl methyl sites for hydroxylation is 1. The lowest BCUT2D eigenvalue weighted by molar-refractivity contribution is 0.293. The SMILES string of the molecule is CCNc1cc(OCc2ccccc2)nc(C)n1. The molecule has 1 N–H and O–H groups in total. The van der Waals surface area contributed by atoms with E-state index < -0.39 is 0 Å². The van der Waals surface area contributed by atoms with Crippen LogP contribution in [-0.4, -0.2) is 16.5 Å². The lowest BCUT2D eigenvalue weighted by Gasteiger charge is -2.08. The number of anilines is 1. The smallest absolute Gasteiger partial charge is 0.219 e. The third kappa shape index (κ3) is 3.45. The van der Waals surface area contributed by atoms with Gasteiger partial charge in [0.25, 0.3) is 0 Å². The second-order valence-corrected chi connectivity index (χ2v) is 3.94. The number of aromatic nitrogens is 2. The summed E-state index contributed by atoms with van der Waals surface area (Å²) < 4.78 is 5.67. The fourth-order valence-electron chi connectivity index (χ4n) is 1.62. The molecule has 0 radical (unpaired) electrons. The first-order valence-electron chi connectivity index (χ1n) is 6.04. The zero-order valence-electron chi connectivity index (χ0n) is 10.7. The maximum atomic E-state index is 5.67. The van der Waals surface area contributed by atoms with Crippen molar-refractivity contribution in [2.75, 3.05) is 11.9 Å². The van der Waals surface area contributed by atoms with Crippen LogP contribution in [0, 0.1) is 6.92 Å². The van der Waals surface area contributed by atoms with Crippen molar-refractivity contribution < 1.29 is 4.74 Å². The van der Waals surface area contributed by atoms with Crippen LogP contribution in [0.1, 0.15) is 18.3 Å². The molecule has 1 heterocycles. The van der Waals surface area contributed by atoms with Crippen LogP contribution in [0.4, 0.5) is 5.82 Å². The number of benzene rings is 1. The first-order chi connectivity index (χ1) is 8.78. The summed E-state index contributed by atoms with van der Waals surface area (Å²) >= 11 is 0. The van der Waals surface area contributed by atoms with Gasteiger partial charge in [-0.15, -0.1) is 0 Å². The maximum absolute atomic E-state index is 5.67. The Bertz CT molecular complexity index is 500. The molecule has 0 aliphatic rings. The molecule has 0 amide bonds. The highest BCUT2D eigenvalue weighted by Gasteiger charge is 2.02. The van der Waals surface area contributed by atoms with Crippen molar-refractivity contribution in [3.05, 3.63) is 47.8 Å². The monoisotopic (exact) mass is 243 g/mol. The minimum Gasteiger partial charge on any atom is -0.473 e. The molecule has 0 aliphatic carbocycles. The lowest BCUT2D eigenvalue weighted by atomic mass is 10.2. The third-order valence-electron chi connectivity index (χ3n) is 2.40. The predicted molar refractivity (Wildman–Crippen MR) is 71.7 cm³/mol. The Morgan fingerprint density at radius 1 is 1.17 bits per heavy atom. The highest BCUT2D eigenvalue weighted by atomic mass is 16.5. The summed E-state index contributed by atoms with van der Waals surface area (Å²) in [4.78, 5) is 8.53. The van der Waals surface area contributed by atoms with Gasteiger partial charge < -0.3 is 10.1 Å². The van der Waals surface area contributed by atoms with E-state index in [4.69, 9.17) is 4.74 Å². The van der Waals surface area contributed by atoms with Gasteiger partial charge in [-0.2, -0.15) is 4.98 Å². The molecule has 2 aromatic rings. The van der Waals surface area contributed by atoms with Crippen molar-refractivity contribution in [1.29, 1.82) is 0 Å². The predicted octanol–water partition coefficient (Wildman–Crippen LogP) is 2.80. The Morgan fingerprint density at radius 2 is 1.94 bits per heavy atom. The van der Waals surface area contributed by atoms with E-state index in [9.17, 15) is 0 Å². The van der Waals surface area contributed by atoms with Crippen molar-refractivity contribution in [3.8, 4) is 5.88 Å².